The highest BCUT2D eigenvalue weighted by Crippen LogP contribution is 2.21. The molecule has 1 aliphatic heterocycles. The molecule has 0 radical (unpaired) electrons. The highest BCUT2D eigenvalue weighted by molar-refractivity contribution is 5.88. The van der Waals surface area contributed by atoms with E-state index in [0.29, 0.717) is 19.6 Å². The molecule has 0 bridgehead atoms. The van der Waals surface area contributed by atoms with Crippen LogP contribution in [0.25, 0.3) is 0 Å². The van der Waals surface area contributed by atoms with Gasteiger partial charge in [-0.1, -0.05) is 12.1 Å². The van der Waals surface area contributed by atoms with Crippen molar-refractivity contribution in [3.63, 3.8) is 0 Å². The Labute approximate surface area is 153 Å². The van der Waals surface area contributed by atoms with Gasteiger partial charge in [0.15, 0.2) is 0 Å². The van der Waals surface area contributed by atoms with Crippen LogP contribution in [0, 0.1) is 6.92 Å². The Hall–Kier alpha value is -2.16. The Bertz CT molecular complexity index is 633. The molecule has 0 aromatic heterocycles. The van der Waals surface area contributed by atoms with Gasteiger partial charge in [-0.25, -0.2) is 0 Å². The zero-order valence-electron chi connectivity index (χ0n) is 15.2. The number of aryl methyl sites for hydroxylation is 1. The van der Waals surface area contributed by atoms with Crippen molar-refractivity contribution >= 4 is 11.8 Å². The molecule has 2 rings (SSSR count). The van der Waals surface area contributed by atoms with E-state index in [1.54, 1.807) is 7.11 Å². The maximum Gasteiger partial charge on any atom is 0.237 e. The summed E-state index contributed by atoms with van der Waals surface area (Å²) in [5.41, 5.74) is 2.04. The third-order valence-corrected chi connectivity index (χ3v) is 4.47. The molecule has 2 amide bonds. The highest BCUT2D eigenvalue weighted by Gasteiger charge is 2.32. The van der Waals surface area contributed by atoms with Crippen molar-refractivity contribution in [2.24, 2.45) is 0 Å². The van der Waals surface area contributed by atoms with Gasteiger partial charge in [-0.3, -0.25) is 14.5 Å². The molecule has 8 heteroatoms. The summed E-state index contributed by atoms with van der Waals surface area (Å²) in [6.07, 6.45) is -0.0303. The smallest absolute Gasteiger partial charge is 0.237 e. The van der Waals surface area contributed by atoms with Crippen LogP contribution in [-0.4, -0.2) is 72.4 Å². The number of piperazine rings is 1. The minimum absolute atomic E-state index is 0.0303. The van der Waals surface area contributed by atoms with Crippen molar-refractivity contribution in [2.45, 2.75) is 32.0 Å². The van der Waals surface area contributed by atoms with Crippen LogP contribution in [-0.2, 0) is 16.1 Å². The number of aliphatic hydroxyl groups excluding tert-OH is 2. The van der Waals surface area contributed by atoms with Gasteiger partial charge in [0.05, 0.1) is 38.8 Å². The summed E-state index contributed by atoms with van der Waals surface area (Å²) in [5.74, 6) is 0.234. The lowest BCUT2D eigenvalue weighted by molar-refractivity contribution is -0.134. The predicted molar refractivity (Wildman–Crippen MR) is 95.7 cm³/mol. The molecule has 1 heterocycles. The molecule has 1 aromatic carbocycles. The average molecular weight is 365 g/mol. The van der Waals surface area contributed by atoms with E-state index < -0.39 is 12.1 Å². The molecule has 0 unspecified atom stereocenters. The second-order valence-electron chi connectivity index (χ2n) is 6.41. The number of amides is 2. The largest absolute Gasteiger partial charge is 0.496 e. The number of rotatable bonds is 8. The van der Waals surface area contributed by atoms with E-state index in [-0.39, 0.29) is 31.4 Å². The van der Waals surface area contributed by atoms with Gasteiger partial charge in [0.1, 0.15) is 5.75 Å². The Morgan fingerprint density at radius 2 is 2.15 bits per heavy atom. The summed E-state index contributed by atoms with van der Waals surface area (Å²) >= 11 is 0. The van der Waals surface area contributed by atoms with Crippen LogP contribution in [0.2, 0.25) is 0 Å². The van der Waals surface area contributed by atoms with Gasteiger partial charge in [0.2, 0.25) is 11.8 Å². The van der Waals surface area contributed by atoms with Crippen LogP contribution in [0.3, 0.4) is 0 Å². The molecule has 1 aliphatic rings. The number of hydrogen-bond donors (Lipinski definition) is 4. The fourth-order valence-electron chi connectivity index (χ4n) is 3.06. The number of carbonyl (C=O) groups is 2. The number of methoxy groups -OCH3 is 1. The summed E-state index contributed by atoms with van der Waals surface area (Å²) in [5, 5.41) is 23.5. The van der Waals surface area contributed by atoms with E-state index in [1.165, 1.54) is 0 Å². The van der Waals surface area contributed by atoms with E-state index in [0.717, 1.165) is 16.9 Å². The molecule has 8 nitrogen and oxygen atoms in total. The first-order valence-corrected chi connectivity index (χ1v) is 8.64. The molecule has 0 aliphatic carbocycles. The molecule has 0 spiro atoms. The van der Waals surface area contributed by atoms with Crippen LogP contribution in [0.15, 0.2) is 18.2 Å². The van der Waals surface area contributed by atoms with Gasteiger partial charge in [-0.15, -0.1) is 0 Å². The van der Waals surface area contributed by atoms with Gasteiger partial charge >= 0.3 is 0 Å². The van der Waals surface area contributed by atoms with Crippen LogP contribution in [0.4, 0.5) is 0 Å². The van der Waals surface area contributed by atoms with Crippen molar-refractivity contribution in [3.8, 4) is 5.75 Å². The van der Waals surface area contributed by atoms with E-state index in [4.69, 9.17) is 14.9 Å². The number of ether oxygens (including phenoxy) is 1. The fourth-order valence-corrected chi connectivity index (χ4v) is 3.06. The number of nitrogens with one attached hydrogen (secondary N) is 2. The topological polar surface area (TPSA) is 111 Å². The normalized spacial score (nSPS) is 17.9. The first-order chi connectivity index (χ1) is 12.5. The van der Waals surface area contributed by atoms with Crippen LogP contribution in [0.1, 0.15) is 17.5 Å². The molecule has 1 aromatic rings. The second-order valence-corrected chi connectivity index (χ2v) is 6.41. The zero-order valence-corrected chi connectivity index (χ0v) is 15.2. The minimum Gasteiger partial charge on any atom is -0.496 e. The predicted octanol–water partition coefficient (Wildman–Crippen LogP) is -0.836. The first kappa shape index (κ1) is 20.2. The summed E-state index contributed by atoms with van der Waals surface area (Å²) < 4.78 is 5.27. The maximum atomic E-state index is 12.3. The lowest BCUT2D eigenvalue weighted by atomic mass is 10.0. The number of benzene rings is 1. The second kappa shape index (κ2) is 9.51. The summed E-state index contributed by atoms with van der Waals surface area (Å²) in [6, 6.07) is 4.54. The number of hydrogen-bond acceptors (Lipinski definition) is 6. The Morgan fingerprint density at radius 3 is 2.77 bits per heavy atom. The quantitative estimate of drug-likeness (QED) is 0.478. The standard InChI is InChI=1S/C18H27N3O5/c1-12-7-13(3-4-16(12)26-2)9-21-6-5-19-18(25)15(21)8-17(24)20-14(10-22)11-23/h3-4,7,14-15,22-23H,5-6,8-11H2,1-2H3,(H,19,25)(H,20,24)/t15-/m0/s1. The molecule has 26 heavy (non-hydrogen) atoms. The molecule has 1 fully saturated rings. The van der Waals surface area contributed by atoms with Gasteiger partial charge in [-0.2, -0.15) is 0 Å². The zero-order chi connectivity index (χ0) is 19.1. The minimum atomic E-state index is -0.716. The molecular weight excluding hydrogens is 338 g/mol. The van der Waals surface area contributed by atoms with Crippen molar-refractivity contribution in [3.05, 3.63) is 29.3 Å². The Morgan fingerprint density at radius 1 is 1.42 bits per heavy atom. The van der Waals surface area contributed by atoms with Gasteiger partial charge < -0.3 is 25.6 Å². The highest BCUT2D eigenvalue weighted by atomic mass is 16.5. The fraction of sp³-hybridized carbons (Fsp3) is 0.556. The van der Waals surface area contributed by atoms with Crippen LogP contribution < -0.4 is 15.4 Å². The summed E-state index contributed by atoms with van der Waals surface area (Å²) in [7, 11) is 1.62. The summed E-state index contributed by atoms with van der Waals surface area (Å²) in [6.45, 7) is 2.96. The lowest BCUT2D eigenvalue weighted by Crippen LogP contribution is -2.56. The molecule has 0 saturated carbocycles. The van der Waals surface area contributed by atoms with Gasteiger partial charge in [0.25, 0.3) is 0 Å². The van der Waals surface area contributed by atoms with Crippen molar-refractivity contribution in [1.82, 2.24) is 15.5 Å². The molecular formula is C18H27N3O5. The SMILES string of the molecule is COc1ccc(CN2CCNC(=O)[C@@H]2CC(=O)NC(CO)CO)cc1C. The van der Waals surface area contributed by atoms with E-state index in [2.05, 4.69) is 10.6 Å². The van der Waals surface area contributed by atoms with Crippen molar-refractivity contribution in [2.75, 3.05) is 33.4 Å². The van der Waals surface area contributed by atoms with E-state index in [1.807, 2.05) is 30.0 Å². The number of carbonyl (C=O) groups excluding carboxylic acids is 2. The molecule has 144 valence electrons. The molecule has 4 N–H and O–H groups in total. The monoisotopic (exact) mass is 365 g/mol. The Balaban J connectivity index is 2.06. The maximum absolute atomic E-state index is 12.3. The number of nitrogens with zero attached hydrogens (tertiary/aromatic N) is 1. The Kier molecular flexibility index (Phi) is 7.38. The third-order valence-electron chi connectivity index (χ3n) is 4.47. The average Bonchev–Trinajstić information content (AvgIpc) is 2.62. The van der Waals surface area contributed by atoms with Crippen LogP contribution in [0.5, 0.6) is 5.75 Å². The lowest BCUT2D eigenvalue weighted by Gasteiger charge is -2.35. The van der Waals surface area contributed by atoms with Gasteiger partial charge in [0, 0.05) is 19.6 Å². The molecule has 1 saturated heterocycles. The summed E-state index contributed by atoms with van der Waals surface area (Å²) in [4.78, 5) is 26.4. The van der Waals surface area contributed by atoms with E-state index >= 15 is 0 Å². The van der Waals surface area contributed by atoms with E-state index in [9.17, 15) is 9.59 Å². The molecule has 1 atom stereocenters. The first-order valence-electron chi connectivity index (χ1n) is 8.64. The number of aliphatic hydroxyl groups is 2. The third kappa shape index (κ3) is 5.17. The van der Waals surface area contributed by atoms with Crippen molar-refractivity contribution in [1.29, 1.82) is 0 Å². The van der Waals surface area contributed by atoms with Crippen LogP contribution >= 0.6 is 0 Å². The van der Waals surface area contributed by atoms with Gasteiger partial charge in [-0.05, 0) is 24.1 Å². The van der Waals surface area contributed by atoms with Crippen molar-refractivity contribution < 1.29 is 24.5 Å².